The minimum absolute atomic E-state index is 0.00720. The Morgan fingerprint density at radius 1 is 1.52 bits per heavy atom. The number of pyridine rings is 1. The SMILES string of the molecule is Cc1cnc2c(c1)nc(SCC(=O)O)n2Cc1cccs1. The first-order chi connectivity index (χ1) is 10.1. The summed E-state index contributed by atoms with van der Waals surface area (Å²) < 4.78 is 1.98. The Bertz CT molecular complexity index is 781. The van der Waals surface area contributed by atoms with Gasteiger partial charge in [-0.1, -0.05) is 17.8 Å². The van der Waals surface area contributed by atoms with Crippen molar-refractivity contribution in [3.05, 3.63) is 40.2 Å². The molecule has 3 aromatic heterocycles. The van der Waals surface area contributed by atoms with Crippen molar-refractivity contribution >= 4 is 40.2 Å². The van der Waals surface area contributed by atoms with Gasteiger partial charge in [-0.3, -0.25) is 9.36 Å². The van der Waals surface area contributed by atoms with E-state index in [9.17, 15) is 4.79 Å². The van der Waals surface area contributed by atoms with Gasteiger partial charge in [0.1, 0.15) is 5.52 Å². The zero-order chi connectivity index (χ0) is 14.8. The summed E-state index contributed by atoms with van der Waals surface area (Å²) in [5.74, 6) is -0.855. The van der Waals surface area contributed by atoms with E-state index >= 15 is 0 Å². The number of aryl methyl sites for hydroxylation is 1. The van der Waals surface area contributed by atoms with Crippen molar-refractivity contribution in [3.8, 4) is 0 Å². The third-order valence-corrected chi connectivity index (χ3v) is 4.73. The molecule has 0 saturated carbocycles. The van der Waals surface area contributed by atoms with Crippen LogP contribution in [0.25, 0.3) is 11.2 Å². The van der Waals surface area contributed by atoms with Gasteiger partial charge in [-0.25, -0.2) is 9.97 Å². The Balaban J connectivity index is 2.03. The number of hydrogen-bond donors (Lipinski definition) is 1. The monoisotopic (exact) mass is 319 g/mol. The fourth-order valence-electron chi connectivity index (χ4n) is 2.03. The average Bonchev–Trinajstić information content (AvgIpc) is 3.05. The van der Waals surface area contributed by atoms with Gasteiger partial charge >= 0.3 is 5.97 Å². The molecule has 0 saturated heterocycles. The maximum atomic E-state index is 10.8. The second-order valence-electron chi connectivity index (χ2n) is 4.60. The number of aliphatic carboxylic acids is 1. The second kappa shape index (κ2) is 5.87. The first-order valence-corrected chi connectivity index (χ1v) is 8.20. The van der Waals surface area contributed by atoms with E-state index in [0.29, 0.717) is 11.7 Å². The molecule has 0 aliphatic carbocycles. The number of imidazole rings is 1. The van der Waals surface area contributed by atoms with Gasteiger partial charge in [0.15, 0.2) is 10.8 Å². The van der Waals surface area contributed by atoms with Crippen LogP contribution in [0.5, 0.6) is 0 Å². The lowest BCUT2D eigenvalue weighted by atomic mass is 10.3. The molecule has 108 valence electrons. The number of carbonyl (C=O) groups is 1. The number of aromatic nitrogens is 3. The maximum absolute atomic E-state index is 10.8. The molecule has 0 spiro atoms. The standard InChI is InChI=1S/C14H13N3O2S2/c1-9-5-11-13(15-6-9)17(7-10-3-2-4-20-10)14(16-11)21-8-12(18)19/h2-6H,7-8H2,1H3,(H,18,19). The molecule has 0 fully saturated rings. The Morgan fingerprint density at radius 3 is 3.10 bits per heavy atom. The van der Waals surface area contributed by atoms with E-state index in [-0.39, 0.29) is 5.75 Å². The maximum Gasteiger partial charge on any atom is 0.313 e. The third-order valence-electron chi connectivity index (χ3n) is 2.91. The molecule has 0 amide bonds. The smallest absolute Gasteiger partial charge is 0.313 e. The fraction of sp³-hybridized carbons (Fsp3) is 0.214. The highest BCUT2D eigenvalue weighted by Crippen LogP contribution is 2.25. The van der Waals surface area contributed by atoms with Crippen LogP contribution >= 0.6 is 23.1 Å². The molecular formula is C14H13N3O2S2. The molecule has 21 heavy (non-hydrogen) atoms. The number of fused-ring (bicyclic) bond motifs is 1. The Morgan fingerprint density at radius 2 is 2.38 bits per heavy atom. The highest BCUT2D eigenvalue weighted by atomic mass is 32.2. The summed E-state index contributed by atoms with van der Waals surface area (Å²) >= 11 is 2.89. The molecule has 0 unspecified atom stereocenters. The molecule has 0 bridgehead atoms. The summed E-state index contributed by atoms with van der Waals surface area (Å²) in [6, 6.07) is 6.02. The van der Waals surface area contributed by atoms with Crippen LogP contribution in [0.1, 0.15) is 10.4 Å². The van der Waals surface area contributed by atoms with Crippen molar-refractivity contribution in [1.29, 1.82) is 0 Å². The largest absolute Gasteiger partial charge is 0.481 e. The summed E-state index contributed by atoms with van der Waals surface area (Å²) in [5, 5.41) is 11.6. The molecule has 0 aliphatic rings. The molecule has 0 aliphatic heterocycles. The molecular weight excluding hydrogens is 306 g/mol. The van der Waals surface area contributed by atoms with E-state index < -0.39 is 5.97 Å². The lowest BCUT2D eigenvalue weighted by Crippen LogP contribution is -2.04. The van der Waals surface area contributed by atoms with Crippen molar-refractivity contribution in [2.75, 3.05) is 5.75 Å². The molecule has 0 aromatic carbocycles. The van der Waals surface area contributed by atoms with Crippen LogP contribution in [0.15, 0.2) is 34.9 Å². The molecule has 0 radical (unpaired) electrons. The van der Waals surface area contributed by atoms with E-state index in [4.69, 9.17) is 5.11 Å². The van der Waals surface area contributed by atoms with Gasteiger partial charge in [0.05, 0.1) is 12.3 Å². The van der Waals surface area contributed by atoms with E-state index in [2.05, 4.69) is 16.0 Å². The van der Waals surface area contributed by atoms with Gasteiger partial charge < -0.3 is 5.11 Å². The van der Waals surface area contributed by atoms with Crippen molar-refractivity contribution in [1.82, 2.24) is 14.5 Å². The predicted octanol–water partition coefficient (Wildman–Crippen LogP) is 3.03. The second-order valence-corrected chi connectivity index (χ2v) is 6.57. The molecule has 3 heterocycles. The summed E-state index contributed by atoms with van der Waals surface area (Å²) in [7, 11) is 0. The lowest BCUT2D eigenvalue weighted by molar-refractivity contribution is -0.133. The third kappa shape index (κ3) is 3.08. The van der Waals surface area contributed by atoms with Gasteiger partial charge in [0.2, 0.25) is 0 Å². The molecule has 7 heteroatoms. The molecule has 0 atom stereocenters. The Kier molecular flexibility index (Phi) is 3.94. The number of nitrogens with zero attached hydrogens (tertiary/aromatic N) is 3. The first kappa shape index (κ1) is 14.1. The topological polar surface area (TPSA) is 68.0 Å². The van der Waals surface area contributed by atoms with E-state index in [1.54, 1.807) is 17.5 Å². The van der Waals surface area contributed by atoms with Gasteiger partial charge in [-0.2, -0.15) is 0 Å². The molecule has 3 rings (SSSR count). The van der Waals surface area contributed by atoms with E-state index in [0.717, 1.165) is 16.7 Å². The number of carboxylic acid groups (broad SMARTS) is 1. The van der Waals surface area contributed by atoms with Crippen LogP contribution in [0, 0.1) is 6.92 Å². The van der Waals surface area contributed by atoms with Crippen LogP contribution in [-0.2, 0) is 11.3 Å². The normalized spacial score (nSPS) is 11.1. The van der Waals surface area contributed by atoms with Crippen molar-refractivity contribution in [2.24, 2.45) is 0 Å². The minimum atomic E-state index is -0.848. The first-order valence-electron chi connectivity index (χ1n) is 6.33. The van der Waals surface area contributed by atoms with Crippen LogP contribution in [-0.4, -0.2) is 31.4 Å². The highest BCUT2D eigenvalue weighted by molar-refractivity contribution is 7.99. The predicted molar refractivity (Wildman–Crippen MR) is 84.0 cm³/mol. The van der Waals surface area contributed by atoms with E-state index in [1.165, 1.54) is 16.6 Å². The lowest BCUT2D eigenvalue weighted by Gasteiger charge is -2.06. The number of thiophene rings is 1. The Hall–Kier alpha value is -1.86. The Labute approximate surface area is 129 Å². The molecule has 1 N–H and O–H groups in total. The van der Waals surface area contributed by atoms with Gasteiger partial charge in [-0.05, 0) is 30.0 Å². The minimum Gasteiger partial charge on any atom is -0.481 e. The highest BCUT2D eigenvalue weighted by Gasteiger charge is 2.14. The summed E-state index contributed by atoms with van der Waals surface area (Å²) in [4.78, 5) is 21.0. The number of thioether (sulfide) groups is 1. The van der Waals surface area contributed by atoms with Gasteiger partial charge in [0, 0.05) is 11.1 Å². The summed E-state index contributed by atoms with van der Waals surface area (Å²) in [6.07, 6.45) is 1.81. The zero-order valence-electron chi connectivity index (χ0n) is 11.3. The molecule has 3 aromatic rings. The van der Waals surface area contributed by atoms with Gasteiger partial charge in [0.25, 0.3) is 0 Å². The van der Waals surface area contributed by atoms with Crippen LogP contribution in [0.3, 0.4) is 0 Å². The zero-order valence-corrected chi connectivity index (χ0v) is 12.9. The van der Waals surface area contributed by atoms with Gasteiger partial charge in [-0.15, -0.1) is 11.3 Å². The van der Waals surface area contributed by atoms with Crippen molar-refractivity contribution < 1.29 is 9.90 Å². The number of carboxylic acids is 1. The summed E-state index contributed by atoms with van der Waals surface area (Å²) in [5.41, 5.74) is 2.64. The van der Waals surface area contributed by atoms with Crippen molar-refractivity contribution in [3.63, 3.8) is 0 Å². The summed E-state index contributed by atoms with van der Waals surface area (Å²) in [6.45, 7) is 2.63. The fourth-order valence-corrected chi connectivity index (χ4v) is 3.44. The number of hydrogen-bond acceptors (Lipinski definition) is 5. The van der Waals surface area contributed by atoms with Crippen LogP contribution in [0.4, 0.5) is 0 Å². The number of rotatable bonds is 5. The van der Waals surface area contributed by atoms with Crippen molar-refractivity contribution in [2.45, 2.75) is 18.6 Å². The average molecular weight is 319 g/mol. The van der Waals surface area contributed by atoms with Crippen LogP contribution < -0.4 is 0 Å². The van der Waals surface area contributed by atoms with E-state index in [1.807, 2.05) is 29.0 Å². The van der Waals surface area contributed by atoms with Crippen LogP contribution in [0.2, 0.25) is 0 Å². The quantitative estimate of drug-likeness (QED) is 0.732. The molecule has 5 nitrogen and oxygen atoms in total.